The van der Waals surface area contributed by atoms with Crippen molar-refractivity contribution in [3.63, 3.8) is 0 Å². The molecule has 2 aliphatic rings. The van der Waals surface area contributed by atoms with Gasteiger partial charge >= 0.3 is 6.03 Å². The predicted molar refractivity (Wildman–Crippen MR) is 91.8 cm³/mol. The summed E-state index contributed by atoms with van der Waals surface area (Å²) in [5.41, 5.74) is 0.763. The first-order chi connectivity index (χ1) is 12.2. The maximum Gasteiger partial charge on any atom is 0.321 e. The van der Waals surface area contributed by atoms with Crippen LogP contribution in [-0.4, -0.2) is 41.3 Å². The Bertz CT molecular complexity index is 731. The predicted octanol–water partition coefficient (Wildman–Crippen LogP) is 3.37. The van der Waals surface area contributed by atoms with Crippen molar-refractivity contribution in [2.24, 2.45) is 0 Å². The summed E-state index contributed by atoms with van der Waals surface area (Å²) in [7, 11) is 1.62. The van der Waals surface area contributed by atoms with E-state index < -0.39 is 0 Å². The number of aromatic nitrogens is 2. The number of nitrogens with zero attached hydrogens (tertiary/aromatic N) is 3. The molecule has 0 atom stereocenters. The lowest BCUT2D eigenvalue weighted by molar-refractivity contribution is 0.189. The lowest BCUT2D eigenvalue weighted by Gasteiger charge is -2.30. The van der Waals surface area contributed by atoms with Crippen LogP contribution in [0.1, 0.15) is 49.3 Å². The Morgan fingerprint density at radius 1 is 1.08 bits per heavy atom. The molecule has 2 fully saturated rings. The first-order valence-corrected chi connectivity index (χ1v) is 8.76. The van der Waals surface area contributed by atoms with Crippen molar-refractivity contribution in [2.75, 3.05) is 25.5 Å². The average molecular weight is 342 g/mol. The maximum absolute atomic E-state index is 12.4. The number of carbonyl (C=O) groups excluding carboxylic acids is 1. The molecule has 7 heteroatoms. The number of rotatable bonds is 4. The second kappa shape index (κ2) is 6.74. The lowest BCUT2D eigenvalue weighted by Crippen LogP contribution is -2.40. The number of benzene rings is 1. The van der Waals surface area contributed by atoms with Crippen LogP contribution in [0.3, 0.4) is 0 Å². The minimum Gasteiger partial charge on any atom is -0.497 e. The van der Waals surface area contributed by atoms with Gasteiger partial charge in [-0.05, 0) is 49.9 Å². The molecule has 0 spiro atoms. The fraction of sp³-hybridized carbons (Fsp3) is 0.500. The number of nitrogens with one attached hydrogen (secondary N) is 1. The largest absolute Gasteiger partial charge is 0.497 e. The van der Waals surface area contributed by atoms with Crippen LogP contribution in [-0.2, 0) is 0 Å². The highest BCUT2D eigenvalue weighted by molar-refractivity contribution is 5.89. The smallest absolute Gasteiger partial charge is 0.321 e. The molecule has 25 heavy (non-hydrogen) atoms. The van der Waals surface area contributed by atoms with Crippen molar-refractivity contribution >= 4 is 11.7 Å². The van der Waals surface area contributed by atoms with Crippen molar-refractivity contribution in [3.05, 3.63) is 36.0 Å². The van der Waals surface area contributed by atoms with Gasteiger partial charge in [-0.2, -0.15) is 0 Å². The monoisotopic (exact) mass is 342 g/mol. The number of hydrogen-bond donors (Lipinski definition) is 1. The highest BCUT2D eigenvalue weighted by atomic mass is 16.5. The molecule has 0 bridgehead atoms. The number of anilines is 1. The number of piperidine rings is 1. The van der Waals surface area contributed by atoms with Gasteiger partial charge in [0.2, 0.25) is 11.8 Å². The minimum absolute atomic E-state index is 0.0761. The Balaban J connectivity index is 1.30. The average Bonchev–Trinajstić information content (AvgIpc) is 3.39. The number of likely N-dealkylation sites (tertiary alicyclic amines) is 1. The van der Waals surface area contributed by atoms with Crippen LogP contribution < -0.4 is 10.1 Å². The summed E-state index contributed by atoms with van der Waals surface area (Å²) in [6.07, 6.45) is 4.02. The van der Waals surface area contributed by atoms with E-state index in [0.717, 1.165) is 48.9 Å². The van der Waals surface area contributed by atoms with Crippen LogP contribution in [0.2, 0.25) is 0 Å². The molecule has 0 unspecified atom stereocenters. The van der Waals surface area contributed by atoms with Gasteiger partial charge in [-0.1, -0.05) is 0 Å². The minimum atomic E-state index is -0.0761. The topological polar surface area (TPSA) is 80.5 Å². The third kappa shape index (κ3) is 3.60. The third-order valence-corrected chi connectivity index (χ3v) is 4.86. The highest BCUT2D eigenvalue weighted by Crippen LogP contribution is 2.40. The number of hydrogen-bond acceptors (Lipinski definition) is 5. The molecular formula is C18H22N4O3. The van der Waals surface area contributed by atoms with Crippen molar-refractivity contribution < 1.29 is 13.9 Å². The van der Waals surface area contributed by atoms with E-state index in [1.807, 2.05) is 29.2 Å². The lowest BCUT2D eigenvalue weighted by atomic mass is 9.97. The van der Waals surface area contributed by atoms with Gasteiger partial charge in [-0.25, -0.2) is 4.79 Å². The second-order valence-corrected chi connectivity index (χ2v) is 6.67. The number of ether oxygens (including phenoxy) is 1. The summed E-state index contributed by atoms with van der Waals surface area (Å²) in [5, 5.41) is 11.3. The molecule has 1 aliphatic heterocycles. The van der Waals surface area contributed by atoms with Crippen molar-refractivity contribution in [2.45, 2.75) is 37.5 Å². The molecule has 1 N–H and O–H groups in total. The van der Waals surface area contributed by atoms with E-state index in [2.05, 4.69) is 15.5 Å². The molecule has 2 aromatic rings. The molecule has 132 valence electrons. The van der Waals surface area contributed by atoms with Gasteiger partial charge in [0.1, 0.15) is 5.75 Å². The zero-order valence-corrected chi connectivity index (χ0v) is 14.3. The van der Waals surface area contributed by atoms with Crippen LogP contribution in [0.25, 0.3) is 0 Å². The van der Waals surface area contributed by atoms with E-state index >= 15 is 0 Å². The van der Waals surface area contributed by atoms with Gasteiger partial charge in [-0.15, -0.1) is 10.2 Å². The summed E-state index contributed by atoms with van der Waals surface area (Å²) >= 11 is 0. The molecular weight excluding hydrogens is 320 g/mol. The zero-order valence-electron chi connectivity index (χ0n) is 14.3. The summed E-state index contributed by atoms with van der Waals surface area (Å²) in [4.78, 5) is 14.2. The van der Waals surface area contributed by atoms with Gasteiger partial charge < -0.3 is 19.4 Å². The van der Waals surface area contributed by atoms with E-state index in [1.54, 1.807) is 7.11 Å². The molecule has 1 saturated heterocycles. The Kier molecular flexibility index (Phi) is 4.29. The van der Waals surface area contributed by atoms with Crippen molar-refractivity contribution in [1.29, 1.82) is 0 Å². The van der Waals surface area contributed by atoms with Gasteiger partial charge in [0.05, 0.1) is 7.11 Å². The first kappa shape index (κ1) is 15.9. The van der Waals surface area contributed by atoms with Crippen LogP contribution in [0.5, 0.6) is 5.75 Å². The van der Waals surface area contributed by atoms with Crippen LogP contribution >= 0.6 is 0 Å². The Hall–Kier alpha value is -2.57. The molecule has 1 aromatic carbocycles. The van der Waals surface area contributed by atoms with Gasteiger partial charge in [0, 0.05) is 30.6 Å². The normalized spacial score (nSPS) is 18.2. The van der Waals surface area contributed by atoms with E-state index in [-0.39, 0.29) is 11.9 Å². The third-order valence-electron chi connectivity index (χ3n) is 4.86. The van der Waals surface area contributed by atoms with E-state index in [1.165, 1.54) is 0 Å². The van der Waals surface area contributed by atoms with Gasteiger partial charge in [0.15, 0.2) is 0 Å². The Morgan fingerprint density at radius 2 is 1.68 bits per heavy atom. The van der Waals surface area contributed by atoms with Gasteiger partial charge in [0.25, 0.3) is 0 Å². The molecule has 1 aliphatic carbocycles. The Labute approximate surface area is 146 Å². The Morgan fingerprint density at radius 3 is 2.24 bits per heavy atom. The molecule has 2 amide bonds. The molecule has 1 saturated carbocycles. The summed E-state index contributed by atoms with van der Waals surface area (Å²) < 4.78 is 10.9. The summed E-state index contributed by atoms with van der Waals surface area (Å²) in [6, 6.07) is 7.25. The fourth-order valence-corrected chi connectivity index (χ4v) is 3.11. The highest BCUT2D eigenvalue weighted by Gasteiger charge is 2.32. The standard InChI is InChI=1S/C18H22N4O3/c1-24-15-6-4-14(5-7-15)19-18(23)22-10-8-13(9-11-22)17-21-20-16(25-17)12-2-3-12/h4-7,12-13H,2-3,8-11H2,1H3,(H,19,23). The second-order valence-electron chi connectivity index (χ2n) is 6.67. The number of carbonyl (C=O) groups is 1. The van der Waals surface area contributed by atoms with Crippen LogP contribution in [0.15, 0.2) is 28.7 Å². The van der Waals surface area contributed by atoms with Gasteiger partial charge in [-0.3, -0.25) is 0 Å². The quantitative estimate of drug-likeness (QED) is 0.921. The molecule has 0 radical (unpaired) electrons. The number of amides is 2. The molecule has 4 rings (SSSR count). The maximum atomic E-state index is 12.4. The van der Waals surface area contributed by atoms with Crippen LogP contribution in [0.4, 0.5) is 10.5 Å². The van der Waals surface area contributed by atoms with E-state index in [4.69, 9.17) is 9.15 Å². The fourth-order valence-electron chi connectivity index (χ4n) is 3.11. The van der Waals surface area contributed by atoms with Crippen LogP contribution in [0, 0.1) is 0 Å². The summed E-state index contributed by atoms with van der Waals surface area (Å²) in [6.45, 7) is 1.38. The number of urea groups is 1. The van der Waals surface area contributed by atoms with E-state index in [9.17, 15) is 4.79 Å². The SMILES string of the molecule is COc1ccc(NC(=O)N2CCC(c3nnc(C4CC4)o3)CC2)cc1. The number of methoxy groups -OCH3 is 1. The van der Waals surface area contributed by atoms with E-state index in [0.29, 0.717) is 19.0 Å². The zero-order chi connectivity index (χ0) is 17.2. The molecule has 2 heterocycles. The van der Waals surface area contributed by atoms with Crippen molar-refractivity contribution in [1.82, 2.24) is 15.1 Å². The first-order valence-electron chi connectivity index (χ1n) is 8.76. The van der Waals surface area contributed by atoms with Crippen molar-refractivity contribution in [3.8, 4) is 5.75 Å². The molecule has 1 aromatic heterocycles. The summed E-state index contributed by atoms with van der Waals surface area (Å²) in [5.74, 6) is 3.03. The molecule has 7 nitrogen and oxygen atoms in total.